The maximum absolute atomic E-state index is 11.0. The Morgan fingerprint density at radius 1 is 1.44 bits per heavy atom. The molecule has 0 aliphatic carbocycles. The molecule has 0 saturated carbocycles. The van der Waals surface area contributed by atoms with Crippen LogP contribution in [0.1, 0.15) is 5.56 Å². The SMILES string of the molecule is N#C/C(=C\c1cccc(-c2cn[nH]c2)c1)C(N)=O. The van der Waals surface area contributed by atoms with Crippen LogP contribution >= 0.6 is 0 Å². The number of rotatable bonds is 3. The number of H-pyrrole nitrogens is 1. The van der Waals surface area contributed by atoms with Crippen LogP contribution in [0, 0.1) is 11.3 Å². The number of aromatic nitrogens is 2. The van der Waals surface area contributed by atoms with Crippen molar-refractivity contribution in [3.8, 4) is 17.2 Å². The van der Waals surface area contributed by atoms with E-state index in [0.717, 1.165) is 16.7 Å². The third kappa shape index (κ3) is 2.44. The normalized spacial score (nSPS) is 10.9. The van der Waals surface area contributed by atoms with Gasteiger partial charge in [-0.15, -0.1) is 0 Å². The number of nitrogens with one attached hydrogen (secondary N) is 1. The summed E-state index contributed by atoms with van der Waals surface area (Å²) in [6.07, 6.45) is 4.93. The minimum atomic E-state index is -0.730. The number of benzene rings is 1. The Morgan fingerprint density at radius 2 is 2.28 bits per heavy atom. The minimum Gasteiger partial charge on any atom is -0.365 e. The molecule has 0 aliphatic rings. The van der Waals surface area contributed by atoms with Gasteiger partial charge in [-0.25, -0.2) is 0 Å². The molecule has 1 aromatic heterocycles. The lowest BCUT2D eigenvalue weighted by atomic mass is 10.0. The van der Waals surface area contributed by atoms with Crippen LogP contribution in [-0.4, -0.2) is 16.1 Å². The van der Waals surface area contributed by atoms with Gasteiger partial charge in [0.15, 0.2) is 0 Å². The number of aromatic amines is 1. The molecule has 0 atom stereocenters. The van der Waals surface area contributed by atoms with Gasteiger partial charge in [-0.2, -0.15) is 10.4 Å². The van der Waals surface area contributed by atoms with Crippen LogP contribution in [0.3, 0.4) is 0 Å². The summed E-state index contributed by atoms with van der Waals surface area (Å²) < 4.78 is 0. The van der Waals surface area contributed by atoms with Gasteiger partial charge < -0.3 is 5.73 Å². The van der Waals surface area contributed by atoms with Crippen LogP contribution in [0.15, 0.2) is 42.2 Å². The van der Waals surface area contributed by atoms with E-state index in [1.54, 1.807) is 24.5 Å². The molecule has 0 unspecified atom stereocenters. The van der Waals surface area contributed by atoms with Gasteiger partial charge in [0.2, 0.25) is 0 Å². The van der Waals surface area contributed by atoms with Crippen molar-refractivity contribution in [2.45, 2.75) is 0 Å². The zero-order valence-electron chi connectivity index (χ0n) is 9.42. The maximum atomic E-state index is 11.0. The zero-order chi connectivity index (χ0) is 13.0. The first-order valence-electron chi connectivity index (χ1n) is 5.21. The summed E-state index contributed by atoms with van der Waals surface area (Å²) in [6, 6.07) is 9.17. The molecule has 1 aromatic carbocycles. The Bertz CT molecular complexity index is 635. The second-order valence-corrected chi connectivity index (χ2v) is 3.65. The standard InChI is InChI=1S/C13H10N4O/c14-6-11(13(15)18)5-9-2-1-3-10(4-9)12-7-16-17-8-12/h1-5,7-8H,(H2,15,18)(H,16,17)/b11-5+. The lowest BCUT2D eigenvalue weighted by Crippen LogP contribution is -2.12. The van der Waals surface area contributed by atoms with Crippen molar-refractivity contribution in [3.63, 3.8) is 0 Å². The smallest absolute Gasteiger partial charge is 0.259 e. The van der Waals surface area contributed by atoms with Gasteiger partial charge in [-0.05, 0) is 23.3 Å². The van der Waals surface area contributed by atoms with Crippen LogP contribution in [0.25, 0.3) is 17.2 Å². The van der Waals surface area contributed by atoms with E-state index in [0.29, 0.717) is 0 Å². The molecular weight excluding hydrogens is 228 g/mol. The largest absolute Gasteiger partial charge is 0.365 e. The van der Waals surface area contributed by atoms with Gasteiger partial charge in [0.1, 0.15) is 11.6 Å². The summed E-state index contributed by atoms with van der Waals surface area (Å²) in [5.41, 5.74) is 7.63. The number of nitrogens with two attached hydrogens (primary N) is 1. The highest BCUT2D eigenvalue weighted by molar-refractivity contribution is 6.00. The predicted molar refractivity (Wildman–Crippen MR) is 66.8 cm³/mol. The second-order valence-electron chi connectivity index (χ2n) is 3.65. The number of primary amides is 1. The molecule has 0 aliphatic heterocycles. The van der Waals surface area contributed by atoms with Crippen LogP contribution in [0.4, 0.5) is 0 Å². The van der Waals surface area contributed by atoms with Gasteiger partial charge in [0.05, 0.1) is 6.20 Å². The first-order valence-corrected chi connectivity index (χ1v) is 5.21. The number of hydrogen-bond donors (Lipinski definition) is 2. The van der Waals surface area contributed by atoms with Crippen molar-refractivity contribution >= 4 is 12.0 Å². The highest BCUT2D eigenvalue weighted by Gasteiger charge is 2.04. The molecule has 2 rings (SSSR count). The van der Waals surface area contributed by atoms with E-state index < -0.39 is 5.91 Å². The molecule has 3 N–H and O–H groups in total. The summed E-state index contributed by atoms with van der Waals surface area (Å²) >= 11 is 0. The van der Waals surface area contributed by atoms with Crippen LogP contribution < -0.4 is 5.73 Å². The lowest BCUT2D eigenvalue weighted by Gasteiger charge is -1.99. The van der Waals surface area contributed by atoms with E-state index >= 15 is 0 Å². The van der Waals surface area contributed by atoms with Gasteiger partial charge >= 0.3 is 0 Å². The molecule has 0 spiro atoms. The van der Waals surface area contributed by atoms with Gasteiger partial charge in [-0.3, -0.25) is 9.89 Å². The predicted octanol–water partition coefficient (Wildman–Crippen LogP) is 1.47. The van der Waals surface area contributed by atoms with E-state index in [4.69, 9.17) is 11.0 Å². The van der Waals surface area contributed by atoms with Crippen molar-refractivity contribution in [1.29, 1.82) is 5.26 Å². The molecule has 1 heterocycles. The van der Waals surface area contributed by atoms with Crippen molar-refractivity contribution in [2.75, 3.05) is 0 Å². The molecule has 0 bridgehead atoms. The first-order chi connectivity index (χ1) is 8.70. The monoisotopic (exact) mass is 238 g/mol. The molecule has 18 heavy (non-hydrogen) atoms. The molecule has 0 saturated heterocycles. The number of carbonyl (C=O) groups excluding carboxylic acids is 1. The third-order valence-corrected chi connectivity index (χ3v) is 2.42. The Morgan fingerprint density at radius 3 is 2.89 bits per heavy atom. The Balaban J connectivity index is 2.40. The number of hydrogen-bond acceptors (Lipinski definition) is 3. The molecule has 2 aromatic rings. The topological polar surface area (TPSA) is 95.6 Å². The minimum absolute atomic E-state index is 0.0701. The lowest BCUT2D eigenvalue weighted by molar-refractivity contribution is -0.114. The second kappa shape index (κ2) is 4.97. The summed E-state index contributed by atoms with van der Waals surface area (Å²) in [6.45, 7) is 0. The van der Waals surface area contributed by atoms with Crippen molar-refractivity contribution < 1.29 is 4.79 Å². The van der Waals surface area contributed by atoms with E-state index in [2.05, 4.69) is 10.2 Å². The van der Waals surface area contributed by atoms with E-state index in [1.807, 2.05) is 18.2 Å². The van der Waals surface area contributed by atoms with Gasteiger partial charge in [-0.1, -0.05) is 18.2 Å². The Labute approximate surface area is 104 Å². The fraction of sp³-hybridized carbons (Fsp3) is 0. The quantitative estimate of drug-likeness (QED) is 0.626. The van der Waals surface area contributed by atoms with E-state index in [9.17, 15) is 4.79 Å². The van der Waals surface area contributed by atoms with Crippen molar-refractivity contribution in [3.05, 3.63) is 47.8 Å². The highest BCUT2D eigenvalue weighted by atomic mass is 16.1. The number of amides is 1. The first kappa shape index (κ1) is 11.6. The maximum Gasteiger partial charge on any atom is 0.259 e. The van der Waals surface area contributed by atoms with E-state index in [-0.39, 0.29) is 5.57 Å². The molecule has 5 nitrogen and oxygen atoms in total. The van der Waals surface area contributed by atoms with Crippen LogP contribution in [-0.2, 0) is 4.79 Å². The molecule has 5 heteroatoms. The molecule has 0 fully saturated rings. The van der Waals surface area contributed by atoms with Gasteiger partial charge in [0.25, 0.3) is 5.91 Å². The third-order valence-electron chi connectivity index (χ3n) is 2.42. The molecule has 0 radical (unpaired) electrons. The summed E-state index contributed by atoms with van der Waals surface area (Å²) in [5, 5.41) is 15.4. The van der Waals surface area contributed by atoms with Crippen molar-refractivity contribution in [1.82, 2.24) is 10.2 Å². The summed E-state index contributed by atoms with van der Waals surface area (Å²) in [4.78, 5) is 11.0. The molecule has 1 amide bonds. The Kier molecular flexibility index (Phi) is 3.21. The fourth-order valence-corrected chi connectivity index (χ4v) is 1.54. The highest BCUT2D eigenvalue weighted by Crippen LogP contribution is 2.20. The number of carbonyl (C=O) groups is 1. The molecular formula is C13H10N4O. The molecule has 88 valence electrons. The fourth-order valence-electron chi connectivity index (χ4n) is 1.54. The van der Waals surface area contributed by atoms with Crippen molar-refractivity contribution in [2.24, 2.45) is 5.73 Å². The average Bonchev–Trinajstić information content (AvgIpc) is 2.90. The summed E-state index contributed by atoms with van der Waals surface area (Å²) in [5.74, 6) is -0.730. The van der Waals surface area contributed by atoms with Crippen LogP contribution in [0.2, 0.25) is 0 Å². The summed E-state index contributed by atoms with van der Waals surface area (Å²) in [7, 11) is 0. The van der Waals surface area contributed by atoms with E-state index in [1.165, 1.54) is 6.08 Å². The zero-order valence-corrected chi connectivity index (χ0v) is 9.42. The average molecular weight is 238 g/mol. The van der Waals surface area contributed by atoms with Gasteiger partial charge in [0, 0.05) is 11.8 Å². The van der Waals surface area contributed by atoms with Crippen LogP contribution in [0.5, 0.6) is 0 Å². The number of nitrogens with zero attached hydrogens (tertiary/aromatic N) is 2. The number of nitriles is 1. The Hall–Kier alpha value is -2.87.